The predicted octanol–water partition coefficient (Wildman–Crippen LogP) is 7.52. The van der Waals surface area contributed by atoms with Gasteiger partial charge < -0.3 is 28.1 Å². The Morgan fingerprint density at radius 3 is 2.37 bits per heavy atom. The number of rotatable bonds is 18. The summed E-state index contributed by atoms with van der Waals surface area (Å²) in [5.41, 5.74) is 0.948. The Morgan fingerprint density at radius 2 is 1.67 bits per heavy atom. The maximum atomic E-state index is 15.5. The van der Waals surface area contributed by atoms with E-state index in [0.717, 1.165) is 6.07 Å². The zero-order valence-electron chi connectivity index (χ0n) is 27.0. The number of hydrogen-bond donors (Lipinski definition) is 5. The third-order valence-electron chi connectivity index (χ3n) is 8.59. The van der Waals surface area contributed by atoms with Crippen molar-refractivity contribution in [2.45, 2.75) is 76.7 Å². The number of nitrogens with zero attached hydrogens (tertiary/aromatic N) is 2. The van der Waals surface area contributed by atoms with Crippen LogP contribution in [0.5, 0.6) is 0 Å². The van der Waals surface area contributed by atoms with Crippen molar-refractivity contribution in [3.63, 3.8) is 0 Å². The first-order valence-electron chi connectivity index (χ1n) is 15.9. The molecule has 49 heavy (non-hydrogen) atoms. The number of hydrogen-bond acceptors (Lipinski definition) is 8. The van der Waals surface area contributed by atoms with Gasteiger partial charge in [0.25, 0.3) is 15.6 Å². The lowest BCUT2D eigenvalue weighted by Crippen LogP contribution is -2.35. The molecule has 0 saturated heterocycles. The van der Waals surface area contributed by atoms with Crippen molar-refractivity contribution in [1.29, 1.82) is 0 Å². The first kappa shape index (κ1) is 38.4. The van der Waals surface area contributed by atoms with E-state index in [1.165, 1.54) is 18.2 Å². The Labute approximate surface area is 284 Å². The standard InChI is InChI=1S/C33H41F3N2O9S2/c1-33(15-4-7-18-48(41,42)43)25-20-24(35)21-26(36)32(25)38(17-5-2-3-12-31(39)40)29(33)10-9-11-30-37(16-6-8-19-49(44,45)46)27-14-13-23(34)22-28(27)47-30/h9-11,13-14,20-22H,2-8,12,15-19H2,1H3,(H4-,39,40,41,42,43,44,45,46)/p+1. The number of aromatic nitrogens is 1. The molecule has 0 bridgehead atoms. The second-order valence-electron chi connectivity index (χ2n) is 12.4. The fourth-order valence-corrected chi connectivity index (χ4v) is 7.45. The smallest absolute Gasteiger partial charge is 0.374 e. The van der Waals surface area contributed by atoms with Crippen LogP contribution in [0.2, 0.25) is 0 Å². The summed E-state index contributed by atoms with van der Waals surface area (Å²) in [4.78, 5) is 12.7. The molecular formula is C33H42F3N2O9S2+. The van der Waals surface area contributed by atoms with E-state index in [-0.39, 0.29) is 49.3 Å². The largest absolute Gasteiger partial charge is 0.481 e. The lowest BCUT2D eigenvalue weighted by atomic mass is 9.77. The number of carboxylic acids is 1. The van der Waals surface area contributed by atoms with E-state index in [4.69, 9.17) is 9.52 Å². The van der Waals surface area contributed by atoms with Crippen LogP contribution < -0.4 is 9.47 Å². The van der Waals surface area contributed by atoms with E-state index in [1.807, 2.05) is 0 Å². The van der Waals surface area contributed by atoms with Crippen molar-refractivity contribution in [2.24, 2.45) is 0 Å². The SMILES string of the molecule is CC1(CCCCS(=O)(=O)O)/C(=C\C=C\c2oc3cc(F)ccc3[n+]2CCCCS(O)(O)O)N(CCCCCC(=O)O)c2c(F)cc(F)cc21. The van der Waals surface area contributed by atoms with E-state index < -0.39 is 55.6 Å². The molecule has 0 aliphatic carbocycles. The van der Waals surface area contributed by atoms with Crippen molar-refractivity contribution >= 4 is 49.8 Å². The lowest BCUT2D eigenvalue weighted by Gasteiger charge is -2.30. The molecule has 0 saturated carbocycles. The van der Waals surface area contributed by atoms with Crippen LogP contribution in [-0.2, 0) is 26.9 Å². The summed E-state index contributed by atoms with van der Waals surface area (Å²) in [7, 11) is -7.86. The van der Waals surface area contributed by atoms with Crippen LogP contribution in [0.15, 0.2) is 52.6 Å². The van der Waals surface area contributed by atoms with Crippen LogP contribution >= 0.6 is 10.9 Å². The van der Waals surface area contributed by atoms with Gasteiger partial charge in [0.15, 0.2) is 6.54 Å². The van der Waals surface area contributed by atoms with Gasteiger partial charge in [-0.15, -0.1) is 0 Å². The van der Waals surface area contributed by atoms with E-state index in [1.54, 1.807) is 40.7 Å². The number of benzene rings is 2. The number of unbranched alkanes of at least 4 members (excludes halogenated alkanes) is 4. The number of carboxylic acid groups (broad SMARTS) is 1. The molecule has 1 aromatic heterocycles. The molecule has 0 fully saturated rings. The number of carbonyl (C=O) groups is 1. The minimum atomic E-state index is -4.21. The number of fused-ring (bicyclic) bond motifs is 2. The van der Waals surface area contributed by atoms with E-state index in [0.29, 0.717) is 61.3 Å². The van der Waals surface area contributed by atoms with Gasteiger partial charge in [-0.05, 0) is 62.8 Å². The molecule has 11 nitrogen and oxygen atoms in total. The van der Waals surface area contributed by atoms with Gasteiger partial charge in [0, 0.05) is 54.5 Å². The number of anilines is 1. The molecule has 270 valence electrons. The van der Waals surface area contributed by atoms with Crippen molar-refractivity contribution in [3.8, 4) is 0 Å². The van der Waals surface area contributed by atoms with Gasteiger partial charge in [-0.2, -0.15) is 13.0 Å². The van der Waals surface area contributed by atoms with Gasteiger partial charge in [-0.25, -0.2) is 13.2 Å². The monoisotopic (exact) mass is 731 g/mol. The van der Waals surface area contributed by atoms with Crippen LogP contribution in [0.25, 0.3) is 17.2 Å². The Kier molecular flexibility index (Phi) is 12.6. The van der Waals surface area contributed by atoms with Crippen LogP contribution in [0.1, 0.15) is 76.2 Å². The Balaban J connectivity index is 1.72. The Morgan fingerprint density at radius 1 is 0.939 bits per heavy atom. The van der Waals surface area contributed by atoms with Gasteiger partial charge >= 0.3 is 11.9 Å². The molecule has 0 spiro atoms. The number of aryl methyl sites for hydroxylation is 1. The van der Waals surface area contributed by atoms with E-state index in [9.17, 15) is 40.2 Å². The topological polar surface area (TPSA) is 173 Å². The zero-order chi connectivity index (χ0) is 36.0. The Bertz CT molecular complexity index is 1820. The van der Waals surface area contributed by atoms with Crippen molar-refractivity contribution < 1.29 is 58.7 Å². The van der Waals surface area contributed by atoms with Gasteiger partial charge in [0.2, 0.25) is 5.58 Å². The van der Waals surface area contributed by atoms with Gasteiger partial charge in [0.1, 0.15) is 17.5 Å². The summed E-state index contributed by atoms with van der Waals surface area (Å²) >= 11 is 0. The van der Waals surface area contributed by atoms with Crippen molar-refractivity contribution in [1.82, 2.24) is 0 Å². The maximum Gasteiger partial charge on any atom is 0.374 e. The lowest BCUT2D eigenvalue weighted by molar-refractivity contribution is -0.678. The highest BCUT2D eigenvalue weighted by molar-refractivity contribution is 8.19. The van der Waals surface area contributed by atoms with Crippen LogP contribution in [0.4, 0.5) is 18.9 Å². The second kappa shape index (κ2) is 16.1. The molecule has 1 atom stereocenters. The molecule has 0 amide bonds. The van der Waals surface area contributed by atoms with E-state index in [2.05, 4.69) is 0 Å². The van der Waals surface area contributed by atoms with Crippen LogP contribution in [0.3, 0.4) is 0 Å². The molecule has 0 radical (unpaired) electrons. The number of oxazole rings is 1. The van der Waals surface area contributed by atoms with Crippen molar-refractivity contribution in [3.05, 3.63) is 77.1 Å². The number of aliphatic carboxylic acids is 1. The summed E-state index contributed by atoms with van der Waals surface area (Å²) in [5, 5.41) is 9.02. The summed E-state index contributed by atoms with van der Waals surface area (Å²) in [6.07, 6.45) is 7.82. The quantitative estimate of drug-likeness (QED) is 0.0501. The molecule has 1 unspecified atom stereocenters. The summed E-state index contributed by atoms with van der Waals surface area (Å²) in [6.45, 7) is 2.41. The summed E-state index contributed by atoms with van der Waals surface area (Å²) < 4.78 is 112. The third-order valence-corrected chi connectivity index (χ3v) is 10.2. The molecule has 1 aliphatic rings. The molecule has 1 aliphatic heterocycles. The molecule has 4 rings (SSSR count). The molecule has 5 N–H and O–H groups in total. The fourth-order valence-electron chi connectivity index (χ4n) is 6.29. The minimum absolute atomic E-state index is 0.0174. The normalized spacial score (nSPS) is 17.9. The number of allylic oxidation sites excluding steroid dienone is 3. The zero-order valence-corrected chi connectivity index (χ0v) is 28.7. The Hall–Kier alpha value is -3.41. The maximum absolute atomic E-state index is 15.5. The van der Waals surface area contributed by atoms with Crippen LogP contribution in [-0.4, -0.2) is 55.8 Å². The number of halogens is 3. The predicted molar refractivity (Wildman–Crippen MR) is 180 cm³/mol. The highest BCUT2D eigenvalue weighted by atomic mass is 32.3. The van der Waals surface area contributed by atoms with Crippen LogP contribution in [0, 0.1) is 17.5 Å². The van der Waals surface area contributed by atoms with Gasteiger partial charge in [-0.3, -0.25) is 9.35 Å². The highest BCUT2D eigenvalue weighted by Crippen LogP contribution is 2.52. The van der Waals surface area contributed by atoms with Gasteiger partial charge in [0.05, 0.1) is 28.4 Å². The first-order chi connectivity index (χ1) is 23.0. The molecular weight excluding hydrogens is 689 g/mol. The fraction of sp³-hybridized carbons (Fsp3) is 0.455. The molecule has 3 aromatic rings. The molecule has 2 aromatic carbocycles. The van der Waals surface area contributed by atoms with Crippen molar-refractivity contribution in [2.75, 3.05) is 23.0 Å². The summed E-state index contributed by atoms with van der Waals surface area (Å²) in [6, 6.07) is 6.10. The average molecular weight is 732 g/mol. The highest BCUT2D eigenvalue weighted by Gasteiger charge is 2.45. The van der Waals surface area contributed by atoms with E-state index >= 15 is 4.39 Å². The third kappa shape index (κ3) is 10.3. The average Bonchev–Trinajstić information content (AvgIpc) is 3.43. The van der Waals surface area contributed by atoms with Gasteiger partial charge in [-0.1, -0.05) is 18.9 Å². The molecule has 16 heteroatoms. The first-order valence-corrected chi connectivity index (χ1v) is 19.2. The summed E-state index contributed by atoms with van der Waals surface area (Å²) in [5.74, 6) is -3.36. The second-order valence-corrected chi connectivity index (χ2v) is 15.6. The minimum Gasteiger partial charge on any atom is -0.481 e. The molecule has 2 heterocycles.